The van der Waals surface area contributed by atoms with Crippen LogP contribution in [0.1, 0.15) is 36.7 Å². The van der Waals surface area contributed by atoms with Crippen molar-refractivity contribution in [2.24, 2.45) is 5.73 Å². The van der Waals surface area contributed by atoms with Crippen LogP contribution in [0.2, 0.25) is 0 Å². The predicted molar refractivity (Wildman–Crippen MR) is 140 cm³/mol. The molecule has 2 aromatic carbocycles. The third-order valence-electron chi connectivity index (χ3n) is 5.66. The van der Waals surface area contributed by atoms with Gasteiger partial charge in [0.25, 0.3) is 0 Å². The van der Waals surface area contributed by atoms with E-state index < -0.39 is 10.0 Å². The van der Waals surface area contributed by atoms with E-state index in [4.69, 9.17) is 20.9 Å². The monoisotopic (exact) mass is 514 g/mol. The van der Waals surface area contributed by atoms with Crippen molar-refractivity contribution in [1.29, 1.82) is 5.41 Å². The molecule has 0 saturated carbocycles. The number of aryl methyl sites for hydroxylation is 1. The number of rotatable bonds is 13. The van der Waals surface area contributed by atoms with Gasteiger partial charge in [-0.2, -0.15) is 0 Å². The van der Waals surface area contributed by atoms with Crippen molar-refractivity contribution < 1.29 is 17.9 Å². The Labute approximate surface area is 212 Å². The first-order valence-corrected chi connectivity index (χ1v) is 13.3. The van der Waals surface area contributed by atoms with Crippen molar-refractivity contribution in [3.63, 3.8) is 0 Å². The number of hydrogen-bond acceptors (Lipinski definition) is 7. The number of nitrogens with zero attached hydrogens (tertiary/aromatic N) is 3. The van der Waals surface area contributed by atoms with Gasteiger partial charge in [0.05, 0.1) is 22.5 Å². The highest BCUT2D eigenvalue weighted by molar-refractivity contribution is 7.89. The molecule has 1 aromatic heterocycles. The Balaban J connectivity index is 1.91. The van der Waals surface area contributed by atoms with Crippen molar-refractivity contribution in [3.8, 4) is 0 Å². The van der Waals surface area contributed by atoms with Gasteiger partial charge in [-0.1, -0.05) is 24.3 Å². The molecule has 3 rings (SSSR count). The van der Waals surface area contributed by atoms with Crippen LogP contribution in [0, 0.1) is 5.41 Å². The van der Waals surface area contributed by atoms with Crippen LogP contribution in [0.4, 0.5) is 0 Å². The zero-order valence-corrected chi connectivity index (χ0v) is 21.8. The highest BCUT2D eigenvalue weighted by Crippen LogP contribution is 2.23. The molecule has 0 amide bonds. The first-order valence-electron chi connectivity index (χ1n) is 11.8. The molecule has 0 aliphatic rings. The zero-order valence-electron chi connectivity index (χ0n) is 21.0. The van der Waals surface area contributed by atoms with E-state index in [0.717, 1.165) is 16.9 Å². The molecule has 0 bridgehead atoms. The minimum Gasteiger partial charge on any atom is -0.466 e. The van der Waals surface area contributed by atoms with Gasteiger partial charge in [-0.05, 0) is 51.2 Å². The lowest BCUT2D eigenvalue weighted by Crippen LogP contribution is -2.31. The maximum absolute atomic E-state index is 12.8. The summed E-state index contributed by atoms with van der Waals surface area (Å²) in [5, 5.41) is 7.58. The number of benzene rings is 2. The number of nitrogens with one attached hydrogen (secondary N) is 2. The maximum atomic E-state index is 12.8. The number of sulfonamides is 1. The van der Waals surface area contributed by atoms with Gasteiger partial charge >= 0.3 is 5.97 Å². The van der Waals surface area contributed by atoms with Gasteiger partial charge in [-0.3, -0.25) is 10.2 Å². The Morgan fingerprint density at radius 1 is 1.19 bits per heavy atom. The van der Waals surface area contributed by atoms with Crippen molar-refractivity contribution >= 4 is 32.9 Å². The third-order valence-corrected chi connectivity index (χ3v) is 7.11. The van der Waals surface area contributed by atoms with E-state index in [-0.39, 0.29) is 23.1 Å². The van der Waals surface area contributed by atoms with Gasteiger partial charge in [-0.25, -0.2) is 18.1 Å². The second-order valence-electron chi connectivity index (χ2n) is 8.73. The molecule has 0 atom stereocenters. The number of ether oxygens (including phenoxy) is 1. The fourth-order valence-corrected chi connectivity index (χ4v) is 4.84. The van der Waals surface area contributed by atoms with Gasteiger partial charge < -0.3 is 19.9 Å². The molecular formula is C25H34N6O4S. The first kappa shape index (κ1) is 27.3. The number of aromatic nitrogens is 2. The molecular weight excluding hydrogens is 480 g/mol. The molecule has 0 unspecified atom stereocenters. The summed E-state index contributed by atoms with van der Waals surface area (Å²) in [4.78, 5) is 18.6. The van der Waals surface area contributed by atoms with Crippen LogP contribution < -0.4 is 10.5 Å². The van der Waals surface area contributed by atoms with Gasteiger partial charge in [0, 0.05) is 38.0 Å². The number of hydrogen-bond donors (Lipinski definition) is 3. The summed E-state index contributed by atoms with van der Waals surface area (Å²) in [5.41, 5.74) is 8.53. The zero-order chi connectivity index (χ0) is 26.3. The van der Waals surface area contributed by atoms with Gasteiger partial charge in [0.15, 0.2) is 0 Å². The molecule has 0 radical (unpaired) electrons. The average molecular weight is 515 g/mol. The summed E-state index contributed by atoms with van der Waals surface area (Å²) < 4.78 is 35.3. The lowest BCUT2D eigenvalue weighted by Gasteiger charge is -2.11. The SMILES string of the molecule is CCOC(=O)CCCn1c(Cc2ccc(C(=N)N)cc2)nc2cc(S(=O)(=O)NCCN(C)C)ccc21. The minimum absolute atomic E-state index is 0.000633. The van der Waals surface area contributed by atoms with Crippen LogP contribution >= 0.6 is 0 Å². The van der Waals surface area contributed by atoms with Crippen LogP contribution in [0.15, 0.2) is 47.4 Å². The van der Waals surface area contributed by atoms with E-state index in [2.05, 4.69) is 4.72 Å². The molecule has 194 valence electrons. The minimum atomic E-state index is -3.68. The van der Waals surface area contributed by atoms with E-state index in [9.17, 15) is 13.2 Å². The molecule has 0 saturated heterocycles. The average Bonchev–Trinajstić information content (AvgIpc) is 3.15. The smallest absolute Gasteiger partial charge is 0.305 e. The molecule has 10 nitrogen and oxygen atoms in total. The van der Waals surface area contributed by atoms with Crippen LogP contribution in [0.5, 0.6) is 0 Å². The standard InChI is InChI=1S/C25H34N6O4S/c1-4-35-24(32)6-5-14-31-22-12-11-20(36(33,34)28-13-15-30(2)3)17-21(22)29-23(31)16-18-7-9-19(10-8-18)25(26)27/h7-12,17,28H,4-6,13-16H2,1-3H3,(H3,26,27). The Morgan fingerprint density at radius 3 is 2.56 bits per heavy atom. The molecule has 0 aliphatic heterocycles. The van der Waals surface area contributed by atoms with E-state index in [1.54, 1.807) is 37.3 Å². The molecule has 0 aliphatic carbocycles. The lowest BCUT2D eigenvalue weighted by molar-refractivity contribution is -0.143. The quantitative estimate of drug-likeness (QED) is 0.180. The first-order chi connectivity index (χ1) is 17.1. The van der Waals surface area contributed by atoms with Crippen LogP contribution in [0.3, 0.4) is 0 Å². The fraction of sp³-hybridized carbons (Fsp3) is 0.400. The summed E-state index contributed by atoms with van der Waals surface area (Å²) in [6.45, 7) is 3.54. The van der Waals surface area contributed by atoms with Gasteiger partial charge in [0.1, 0.15) is 11.7 Å². The normalized spacial score (nSPS) is 11.8. The number of amidine groups is 1. The van der Waals surface area contributed by atoms with Gasteiger partial charge in [-0.15, -0.1) is 0 Å². The number of fused-ring (bicyclic) bond motifs is 1. The Morgan fingerprint density at radius 2 is 1.92 bits per heavy atom. The second kappa shape index (κ2) is 12.1. The molecule has 4 N–H and O–H groups in total. The summed E-state index contributed by atoms with van der Waals surface area (Å²) in [6.07, 6.45) is 1.34. The van der Waals surface area contributed by atoms with E-state index in [0.29, 0.717) is 50.2 Å². The van der Waals surface area contributed by atoms with Crippen LogP contribution in [-0.4, -0.2) is 68.5 Å². The number of likely N-dealkylation sites (N-methyl/N-ethyl adjacent to an activating group) is 1. The Bertz CT molecular complexity index is 1320. The maximum Gasteiger partial charge on any atom is 0.305 e. The summed E-state index contributed by atoms with van der Waals surface area (Å²) in [6, 6.07) is 12.3. The third kappa shape index (κ3) is 7.12. The molecule has 11 heteroatoms. The van der Waals surface area contributed by atoms with Crippen LogP contribution in [-0.2, 0) is 32.5 Å². The molecule has 1 heterocycles. The topological polar surface area (TPSA) is 143 Å². The van der Waals surface area contributed by atoms with Crippen LogP contribution in [0.25, 0.3) is 11.0 Å². The fourth-order valence-electron chi connectivity index (χ4n) is 3.80. The van der Waals surface area contributed by atoms with Crippen molar-refractivity contribution in [2.45, 2.75) is 37.6 Å². The number of nitrogen functional groups attached to an aromatic ring is 1. The second-order valence-corrected chi connectivity index (χ2v) is 10.5. The van der Waals surface area contributed by atoms with Crippen molar-refractivity contribution in [1.82, 2.24) is 19.2 Å². The molecule has 0 fully saturated rings. The van der Waals surface area contributed by atoms with Crippen molar-refractivity contribution in [3.05, 3.63) is 59.4 Å². The highest BCUT2D eigenvalue weighted by Gasteiger charge is 2.18. The molecule has 0 spiro atoms. The number of nitrogens with two attached hydrogens (primary N) is 1. The summed E-state index contributed by atoms with van der Waals surface area (Å²) in [5.74, 6) is 0.501. The Kier molecular flexibility index (Phi) is 9.19. The number of imidazole rings is 1. The molecule has 36 heavy (non-hydrogen) atoms. The largest absolute Gasteiger partial charge is 0.466 e. The number of carbonyl (C=O) groups is 1. The lowest BCUT2D eigenvalue weighted by atomic mass is 10.1. The summed E-state index contributed by atoms with van der Waals surface area (Å²) in [7, 11) is 0.0818. The number of carbonyl (C=O) groups excluding carboxylic acids is 1. The molecule has 3 aromatic rings. The summed E-state index contributed by atoms with van der Waals surface area (Å²) >= 11 is 0. The number of esters is 1. The van der Waals surface area contributed by atoms with E-state index >= 15 is 0 Å². The predicted octanol–water partition coefficient (Wildman–Crippen LogP) is 2.09. The highest BCUT2D eigenvalue weighted by atomic mass is 32.2. The van der Waals surface area contributed by atoms with E-state index in [1.165, 1.54) is 0 Å². The van der Waals surface area contributed by atoms with Gasteiger partial charge in [0.2, 0.25) is 10.0 Å². The Hall–Kier alpha value is -3.28. The van der Waals surface area contributed by atoms with Crippen molar-refractivity contribution in [2.75, 3.05) is 33.8 Å². The van der Waals surface area contributed by atoms with E-state index in [1.807, 2.05) is 35.7 Å².